The Morgan fingerprint density at radius 2 is 1.97 bits per heavy atom. The Bertz CT molecular complexity index is 911. The van der Waals surface area contributed by atoms with E-state index in [1.807, 2.05) is 13.0 Å². The fraction of sp³-hybridized carbons (Fsp3) is 0.522. The summed E-state index contributed by atoms with van der Waals surface area (Å²) in [6, 6.07) is 0. The first kappa shape index (κ1) is 22.3. The predicted molar refractivity (Wildman–Crippen MR) is 117 cm³/mol. The van der Waals surface area contributed by atoms with E-state index >= 15 is 0 Å². The van der Waals surface area contributed by atoms with E-state index in [4.69, 9.17) is 9.47 Å². The van der Waals surface area contributed by atoms with Crippen molar-refractivity contribution in [3.8, 4) is 0 Å². The monoisotopic (exact) mass is 431 g/mol. The molecule has 0 fully saturated rings. The summed E-state index contributed by atoms with van der Waals surface area (Å²) in [6.45, 7) is 7.76. The average molecular weight is 432 g/mol. The van der Waals surface area contributed by atoms with E-state index in [1.54, 1.807) is 13.0 Å². The van der Waals surface area contributed by atoms with E-state index in [9.17, 15) is 14.4 Å². The largest absolute Gasteiger partial charge is 0.462 e. The number of thiophene rings is 1. The lowest BCUT2D eigenvalue weighted by molar-refractivity contribution is -0.149. The molecule has 0 bridgehead atoms. The van der Waals surface area contributed by atoms with Gasteiger partial charge in [0, 0.05) is 10.5 Å². The molecule has 30 heavy (non-hydrogen) atoms. The van der Waals surface area contributed by atoms with E-state index in [2.05, 4.69) is 12.2 Å². The topological polar surface area (TPSA) is 81.7 Å². The number of ether oxygens (including phenoxy) is 2. The summed E-state index contributed by atoms with van der Waals surface area (Å²) in [6.07, 6.45) is 6.77. The molecule has 0 saturated carbocycles. The van der Waals surface area contributed by atoms with Crippen LogP contribution in [0.3, 0.4) is 0 Å². The van der Waals surface area contributed by atoms with E-state index in [1.165, 1.54) is 23.8 Å². The van der Waals surface area contributed by atoms with Gasteiger partial charge in [0.1, 0.15) is 5.00 Å². The molecule has 1 heterocycles. The molecule has 1 amide bonds. The third-order valence-corrected chi connectivity index (χ3v) is 6.67. The van der Waals surface area contributed by atoms with Gasteiger partial charge in [0.05, 0.1) is 12.2 Å². The second-order valence-electron chi connectivity index (χ2n) is 8.02. The second kappa shape index (κ2) is 9.60. The third-order valence-electron chi connectivity index (χ3n) is 5.50. The average Bonchev–Trinajstić information content (AvgIpc) is 3.05. The fourth-order valence-electron chi connectivity index (χ4n) is 3.67. The van der Waals surface area contributed by atoms with Crippen molar-refractivity contribution in [3.63, 3.8) is 0 Å². The van der Waals surface area contributed by atoms with Gasteiger partial charge in [-0.15, -0.1) is 11.3 Å². The van der Waals surface area contributed by atoms with Crippen LogP contribution in [0.15, 0.2) is 23.3 Å². The summed E-state index contributed by atoms with van der Waals surface area (Å²) in [4.78, 5) is 38.8. The van der Waals surface area contributed by atoms with Crippen LogP contribution < -0.4 is 5.32 Å². The maximum atomic E-state index is 12.7. The quantitative estimate of drug-likeness (QED) is 0.667. The van der Waals surface area contributed by atoms with Gasteiger partial charge in [0.15, 0.2) is 6.10 Å². The van der Waals surface area contributed by atoms with Gasteiger partial charge in [0.25, 0.3) is 5.91 Å². The van der Waals surface area contributed by atoms with Gasteiger partial charge < -0.3 is 14.8 Å². The minimum atomic E-state index is -0.974. The highest BCUT2D eigenvalue weighted by Crippen LogP contribution is 2.40. The van der Waals surface area contributed by atoms with Crippen molar-refractivity contribution >= 4 is 34.2 Å². The molecule has 0 unspecified atom stereocenters. The van der Waals surface area contributed by atoms with Crippen LogP contribution in [0.1, 0.15) is 67.8 Å². The number of amides is 1. The van der Waals surface area contributed by atoms with Crippen molar-refractivity contribution in [3.05, 3.63) is 39.3 Å². The smallest absolute Gasteiger partial charge is 0.341 e. The molecule has 162 valence electrons. The first-order valence-electron chi connectivity index (χ1n) is 10.5. The van der Waals surface area contributed by atoms with Crippen LogP contribution in [-0.2, 0) is 31.9 Å². The minimum Gasteiger partial charge on any atom is -0.462 e. The molecule has 3 rings (SSSR count). The molecule has 1 aromatic heterocycles. The molecule has 0 aliphatic heterocycles. The molecule has 6 nitrogen and oxygen atoms in total. The molecule has 0 saturated heterocycles. The first-order valence-corrected chi connectivity index (χ1v) is 11.3. The van der Waals surface area contributed by atoms with Gasteiger partial charge >= 0.3 is 11.9 Å². The zero-order valence-corrected chi connectivity index (χ0v) is 18.8. The first-order chi connectivity index (χ1) is 14.3. The van der Waals surface area contributed by atoms with Crippen molar-refractivity contribution in [2.45, 2.75) is 65.9 Å². The standard InChI is InChI=1S/C23H29NO5S/c1-5-28-23(27)19-17-11-8-14(3)12-18(17)30-21(19)24-20(25)15(4)29-22(26)16-9-6-13(2)7-10-16/h6,9,14-15H,5,7-8,10-12H2,1-4H3,(H,24,25)/t14-,15-/m1/s1. The van der Waals surface area contributed by atoms with Crippen molar-refractivity contribution in [1.29, 1.82) is 0 Å². The van der Waals surface area contributed by atoms with Crippen LogP contribution in [0.25, 0.3) is 0 Å². The Morgan fingerprint density at radius 1 is 1.20 bits per heavy atom. The van der Waals surface area contributed by atoms with Crippen molar-refractivity contribution in [2.75, 3.05) is 11.9 Å². The van der Waals surface area contributed by atoms with Gasteiger partial charge in [-0.1, -0.05) is 24.6 Å². The number of nitrogens with one attached hydrogen (secondary N) is 1. The fourth-order valence-corrected chi connectivity index (χ4v) is 5.07. The summed E-state index contributed by atoms with van der Waals surface area (Å²) in [5.41, 5.74) is 3.20. The number of hydrogen-bond donors (Lipinski definition) is 1. The van der Waals surface area contributed by atoms with Crippen LogP contribution in [0, 0.1) is 5.92 Å². The zero-order chi connectivity index (χ0) is 21.8. The van der Waals surface area contributed by atoms with Gasteiger partial charge in [-0.3, -0.25) is 4.79 Å². The minimum absolute atomic E-state index is 0.268. The summed E-state index contributed by atoms with van der Waals surface area (Å²) < 4.78 is 10.6. The number of hydrogen-bond acceptors (Lipinski definition) is 6. The molecule has 2 aliphatic carbocycles. The van der Waals surface area contributed by atoms with E-state index < -0.39 is 23.9 Å². The van der Waals surface area contributed by atoms with Crippen molar-refractivity contribution in [2.24, 2.45) is 5.92 Å². The lowest BCUT2D eigenvalue weighted by Gasteiger charge is -2.18. The Morgan fingerprint density at radius 3 is 2.63 bits per heavy atom. The van der Waals surface area contributed by atoms with Gasteiger partial charge in [0.2, 0.25) is 0 Å². The van der Waals surface area contributed by atoms with Gasteiger partial charge in [-0.2, -0.15) is 0 Å². The summed E-state index contributed by atoms with van der Waals surface area (Å²) in [5.74, 6) is -0.815. The normalized spacial score (nSPS) is 19.1. The van der Waals surface area contributed by atoms with E-state index in [0.717, 1.165) is 36.1 Å². The predicted octanol–water partition coefficient (Wildman–Crippen LogP) is 4.59. The van der Waals surface area contributed by atoms with Gasteiger partial charge in [-0.25, -0.2) is 9.59 Å². The van der Waals surface area contributed by atoms with Crippen LogP contribution in [-0.4, -0.2) is 30.6 Å². The molecule has 0 radical (unpaired) electrons. The van der Waals surface area contributed by atoms with Crippen molar-refractivity contribution < 1.29 is 23.9 Å². The number of allylic oxidation sites excluding steroid dienone is 3. The number of anilines is 1. The summed E-state index contributed by atoms with van der Waals surface area (Å²) in [5, 5.41) is 3.29. The molecule has 2 aliphatic rings. The Labute approximate surface area is 181 Å². The van der Waals surface area contributed by atoms with Crippen LogP contribution in [0.5, 0.6) is 0 Å². The molecular formula is C23H29NO5S. The Balaban J connectivity index is 1.74. The summed E-state index contributed by atoms with van der Waals surface area (Å²) in [7, 11) is 0. The van der Waals surface area contributed by atoms with Crippen LogP contribution in [0.2, 0.25) is 0 Å². The zero-order valence-electron chi connectivity index (χ0n) is 18.0. The van der Waals surface area contributed by atoms with Gasteiger partial charge in [-0.05, 0) is 64.4 Å². The second-order valence-corrected chi connectivity index (χ2v) is 9.12. The summed E-state index contributed by atoms with van der Waals surface area (Å²) >= 11 is 1.42. The number of carbonyl (C=O) groups is 3. The lowest BCUT2D eigenvalue weighted by Crippen LogP contribution is -2.31. The molecule has 1 aromatic rings. The maximum absolute atomic E-state index is 12.7. The lowest BCUT2D eigenvalue weighted by atomic mass is 9.88. The Hall–Kier alpha value is -2.41. The van der Waals surface area contributed by atoms with Crippen molar-refractivity contribution in [1.82, 2.24) is 0 Å². The molecule has 0 spiro atoms. The van der Waals surface area contributed by atoms with Crippen LogP contribution in [0.4, 0.5) is 5.00 Å². The highest BCUT2D eigenvalue weighted by molar-refractivity contribution is 7.17. The SMILES string of the molecule is CCOC(=O)c1c(NC(=O)[C@@H](C)OC(=O)C2=CC=C(C)CC2)sc2c1CC[C@@H](C)C2. The van der Waals surface area contributed by atoms with E-state index in [-0.39, 0.29) is 6.61 Å². The highest BCUT2D eigenvalue weighted by atomic mass is 32.1. The van der Waals surface area contributed by atoms with Crippen LogP contribution >= 0.6 is 11.3 Å². The number of fused-ring (bicyclic) bond motifs is 1. The maximum Gasteiger partial charge on any atom is 0.341 e. The van der Waals surface area contributed by atoms with E-state index in [0.29, 0.717) is 28.5 Å². The molecular weight excluding hydrogens is 402 g/mol. The molecule has 1 N–H and O–H groups in total. The molecule has 2 atom stereocenters. The highest BCUT2D eigenvalue weighted by Gasteiger charge is 2.30. The number of carbonyl (C=O) groups excluding carboxylic acids is 3. The third kappa shape index (κ3) is 5.01. The number of esters is 2. The molecule has 7 heteroatoms. The number of rotatable bonds is 6. The Kier molecular flexibility index (Phi) is 7.13. The molecule has 0 aromatic carbocycles.